The zero-order valence-electron chi connectivity index (χ0n) is 16.2. The van der Waals surface area contributed by atoms with Gasteiger partial charge in [-0.25, -0.2) is 9.97 Å². The first-order valence-corrected chi connectivity index (χ1v) is 8.84. The van der Waals surface area contributed by atoms with Crippen molar-refractivity contribution in [3.8, 4) is 22.9 Å². The van der Waals surface area contributed by atoms with Crippen molar-refractivity contribution < 1.29 is 9.53 Å². The molecule has 0 atom stereocenters. The van der Waals surface area contributed by atoms with Crippen LogP contribution >= 0.6 is 0 Å². The van der Waals surface area contributed by atoms with E-state index in [1.807, 2.05) is 26.0 Å². The van der Waals surface area contributed by atoms with Gasteiger partial charge in [0.05, 0.1) is 24.3 Å². The lowest BCUT2D eigenvalue weighted by Gasteiger charge is -2.14. The molecule has 1 aromatic heterocycles. The zero-order chi connectivity index (χ0) is 20.3. The normalized spacial score (nSPS) is 10.6. The van der Waals surface area contributed by atoms with E-state index in [1.165, 1.54) is 6.92 Å². The molecule has 0 saturated carbocycles. The summed E-state index contributed by atoms with van der Waals surface area (Å²) in [6.45, 7) is 5.47. The minimum absolute atomic E-state index is 0.181. The van der Waals surface area contributed by atoms with Crippen LogP contribution in [0.4, 0.5) is 11.6 Å². The van der Waals surface area contributed by atoms with Crippen LogP contribution in [0.5, 0.6) is 5.75 Å². The van der Waals surface area contributed by atoms with Gasteiger partial charge in [0, 0.05) is 47.4 Å². The number of fused-ring (bicyclic) bond motifs is 1. The molecule has 0 fully saturated rings. The molecule has 7 heteroatoms. The molecule has 28 heavy (non-hydrogen) atoms. The molecule has 0 unspecified atom stereocenters. The van der Waals surface area contributed by atoms with Crippen molar-refractivity contribution in [2.24, 2.45) is 0 Å². The molecule has 0 aliphatic rings. The van der Waals surface area contributed by atoms with Crippen LogP contribution in [0.2, 0.25) is 0 Å². The smallest absolute Gasteiger partial charge is 0.223 e. The van der Waals surface area contributed by atoms with E-state index in [0.29, 0.717) is 28.5 Å². The molecule has 2 aromatic carbocycles. The van der Waals surface area contributed by atoms with Crippen LogP contribution in [0.3, 0.4) is 0 Å². The Morgan fingerprint density at radius 2 is 2.00 bits per heavy atom. The lowest BCUT2D eigenvalue weighted by atomic mass is 9.97. The van der Waals surface area contributed by atoms with E-state index in [-0.39, 0.29) is 11.9 Å². The molecule has 142 valence electrons. The number of hydrogen-bond acceptors (Lipinski definition) is 6. The molecule has 7 nitrogen and oxygen atoms in total. The third kappa shape index (κ3) is 4.01. The number of amides is 1. The molecule has 1 amide bonds. The van der Waals surface area contributed by atoms with Gasteiger partial charge in [-0.2, -0.15) is 5.26 Å². The molecule has 0 aliphatic carbocycles. The highest BCUT2D eigenvalue weighted by atomic mass is 16.5. The fourth-order valence-corrected chi connectivity index (χ4v) is 2.91. The van der Waals surface area contributed by atoms with Crippen molar-refractivity contribution in [2.45, 2.75) is 26.8 Å². The van der Waals surface area contributed by atoms with E-state index in [2.05, 4.69) is 26.7 Å². The Morgan fingerprint density at radius 1 is 1.21 bits per heavy atom. The van der Waals surface area contributed by atoms with Crippen molar-refractivity contribution in [1.29, 1.82) is 5.26 Å². The number of benzene rings is 2. The van der Waals surface area contributed by atoms with Crippen molar-refractivity contribution in [3.05, 3.63) is 42.1 Å². The van der Waals surface area contributed by atoms with Crippen LogP contribution in [0.1, 0.15) is 26.3 Å². The minimum Gasteiger partial charge on any atom is -0.496 e. The van der Waals surface area contributed by atoms with Crippen molar-refractivity contribution in [3.63, 3.8) is 0 Å². The summed E-state index contributed by atoms with van der Waals surface area (Å²) in [7, 11) is 1.57. The Kier molecular flexibility index (Phi) is 5.41. The average molecular weight is 375 g/mol. The third-order valence-corrected chi connectivity index (χ3v) is 4.07. The number of hydrogen-bond donors (Lipinski definition) is 2. The molecule has 0 spiro atoms. The molecule has 3 rings (SSSR count). The summed E-state index contributed by atoms with van der Waals surface area (Å²) in [6, 6.07) is 11.3. The Balaban J connectivity index is 2.17. The van der Waals surface area contributed by atoms with E-state index in [1.54, 1.807) is 31.5 Å². The number of nitrogens with one attached hydrogen (secondary N) is 2. The lowest BCUT2D eigenvalue weighted by molar-refractivity contribution is -0.114. The number of carbonyl (C=O) groups excluding carboxylic acids is 1. The fourth-order valence-electron chi connectivity index (χ4n) is 2.91. The summed E-state index contributed by atoms with van der Waals surface area (Å²) in [5.74, 6) is 0.945. The molecule has 0 aliphatic heterocycles. The van der Waals surface area contributed by atoms with Gasteiger partial charge in [-0.05, 0) is 38.1 Å². The molecule has 1 heterocycles. The second-order valence-electron chi connectivity index (χ2n) is 6.66. The predicted octanol–water partition coefficient (Wildman–Crippen LogP) is 3.96. The topological polar surface area (TPSA) is 99.9 Å². The standard InChI is InChI=1S/C21H21N5O2/c1-12(2)24-21-23-11-15-7-18(20(28-4)9-19(15)26-21)17-8-16(25-13(3)27)6-5-14(17)10-22/h5-9,11-12H,1-4H3,(H,25,27)(H,23,24,26). The van der Waals surface area contributed by atoms with Gasteiger partial charge < -0.3 is 15.4 Å². The first-order valence-electron chi connectivity index (χ1n) is 8.84. The summed E-state index contributed by atoms with van der Waals surface area (Å²) in [5.41, 5.74) is 3.21. The van der Waals surface area contributed by atoms with E-state index in [9.17, 15) is 10.1 Å². The Morgan fingerprint density at radius 3 is 2.64 bits per heavy atom. The number of aromatic nitrogens is 2. The quantitative estimate of drug-likeness (QED) is 0.700. The second kappa shape index (κ2) is 7.92. The monoisotopic (exact) mass is 375 g/mol. The van der Waals surface area contributed by atoms with Crippen molar-refractivity contribution in [2.75, 3.05) is 17.7 Å². The van der Waals surface area contributed by atoms with Crippen molar-refractivity contribution in [1.82, 2.24) is 9.97 Å². The third-order valence-electron chi connectivity index (χ3n) is 4.07. The van der Waals surface area contributed by atoms with E-state index < -0.39 is 0 Å². The predicted molar refractivity (Wildman–Crippen MR) is 109 cm³/mol. The maximum atomic E-state index is 11.4. The van der Waals surface area contributed by atoms with Gasteiger partial charge in [0.2, 0.25) is 11.9 Å². The van der Waals surface area contributed by atoms with Gasteiger partial charge in [-0.15, -0.1) is 0 Å². The van der Waals surface area contributed by atoms with Gasteiger partial charge in [0.25, 0.3) is 0 Å². The van der Waals surface area contributed by atoms with E-state index in [0.717, 1.165) is 16.5 Å². The van der Waals surface area contributed by atoms with Gasteiger partial charge in [0.1, 0.15) is 5.75 Å². The fraction of sp³-hybridized carbons (Fsp3) is 0.238. The molecule has 0 radical (unpaired) electrons. The van der Waals surface area contributed by atoms with Gasteiger partial charge in [0.15, 0.2) is 0 Å². The Hall–Kier alpha value is -3.66. The number of carbonyl (C=O) groups is 1. The highest BCUT2D eigenvalue weighted by Gasteiger charge is 2.15. The highest BCUT2D eigenvalue weighted by molar-refractivity contribution is 5.93. The number of rotatable bonds is 5. The molecular formula is C21H21N5O2. The Bertz CT molecular complexity index is 1090. The van der Waals surface area contributed by atoms with Gasteiger partial charge in [-0.1, -0.05) is 0 Å². The van der Waals surface area contributed by atoms with Crippen LogP contribution < -0.4 is 15.4 Å². The SMILES string of the molecule is COc1cc2nc(NC(C)C)ncc2cc1-c1cc(NC(C)=O)ccc1C#N. The highest BCUT2D eigenvalue weighted by Crippen LogP contribution is 2.36. The van der Waals surface area contributed by atoms with E-state index >= 15 is 0 Å². The summed E-state index contributed by atoms with van der Waals surface area (Å²) in [5, 5.41) is 16.3. The maximum Gasteiger partial charge on any atom is 0.223 e. The number of nitriles is 1. The average Bonchev–Trinajstić information content (AvgIpc) is 2.65. The number of nitrogens with zero attached hydrogens (tertiary/aromatic N) is 3. The van der Waals surface area contributed by atoms with Crippen molar-refractivity contribution >= 4 is 28.4 Å². The molecule has 3 aromatic rings. The summed E-state index contributed by atoms with van der Waals surface area (Å²) in [6.07, 6.45) is 1.74. The van der Waals surface area contributed by atoms with Crippen LogP contribution in [0.15, 0.2) is 36.5 Å². The summed E-state index contributed by atoms with van der Waals surface area (Å²) >= 11 is 0. The van der Waals surface area contributed by atoms with Gasteiger partial charge in [-0.3, -0.25) is 4.79 Å². The van der Waals surface area contributed by atoms with Crippen LogP contribution in [0.25, 0.3) is 22.0 Å². The number of anilines is 2. The minimum atomic E-state index is -0.181. The van der Waals surface area contributed by atoms with Crippen LogP contribution in [-0.4, -0.2) is 29.0 Å². The first-order chi connectivity index (χ1) is 13.4. The molecular weight excluding hydrogens is 354 g/mol. The first kappa shape index (κ1) is 19.1. The van der Waals surface area contributed by atoms with Crippen LogP contribution in [0, 0.1) is 11.3 Å². The van der Waals surface area contributed by atoms with Crippen LogP contribution in [-0.2, 0) is 4.79 Å². The van der Waals surface area contributed by atoms with Gasteiger partial charge >= 0.3 is 0 Å². The van der Waals surface area contributed by atoms with E-state index in [4.69, 9.17) is 4.74 Å². The number of ether oxygens (including phenoxy) is 1. The second-order valence-corrected chi connectivity index (χ2v) is 6.66. The molecule has 0 saturated heterocycles. The zero-order valence-corrected chi connectivity index (χ0v) is 16.2. The number of methoxy groups -OCH3 is 1. The summed E-state index contributed by atoms with van der Waals surface area (Å²) in [4.78, 5) is 20.3. The Labute approximate surface area is 163 Å². The molecule has 2 N–H and O–H groups in total. The lowest BCUT2D eigenvalue weighted by Crippen LogP contribution is -2.12. The largest absolute Gasteiger partial charge is 0.496 e. The maximum absolute atomic E-state index is 11.4. The summed E-state index contributed by atoms with van der Waals surface area (Å²) < 4.78 is 5.57. The molecule has 0 bridgehead atoms.